The molecule has 0 fully saturated rings. The number of nitrogens with one attached hydrogen (secondary N) is 1. The van der Waals surface area contributed by atoms with Crippen molar-refractivity contribution in [3.63, 3.8) is 0 Å². The summed E-state index contributed by atoms with van der Waals surface area (Å²) in [6, 6.07) is 4.80. The molecule has 0 aliphatic heterocycles. The van der Waals surface area contributed by atoms with Crippen LogP contribution in [0.15, 0.2) is 18.2 Å². The highest BCUT2D eigenvalue weighted by molar-refractivity contribution is 7.80. The minimum Gasteiger partial charge on any atom is -0.389 e. The first kappa shape index (κ1) is 15.9. The third kappa shape index (κ3) is 5.12. The predicted molar refractivity (Wildman–Crippen MR) is 81.1 cm³/mol. The van der Waals surface area contributed by atoms with Crippen LogP contribution in [0.1, 0.15) is 25.8 Å². The number of hydrogen-bond acceptors (Lipinski definition) is 3. The van der Waals surface area contributed by atoms with Gasteiger partial charge in [0.1, 0.15) is 10.8 Å². The Kier molecular flexibility index (Phi) is 5.69. The van der Waals surface area contributed by atoms with Gasteiger partial charge in [0.2, 0.25) is 0 Å². The zero-order valence-corrected chi connectivity index (χ0v) is 12.4. The molecule has 0 heterocycles. The van der Waals surface area contributed by atoms with Crippen LogP contribution in [0.25, 0.3) is 0 Å². The van der Waals surface area contributed by atoms with E-state index in [0.717, 1.165) is 18.7 Å². The van der Waals surface area contributed by atoms with Gasteiger partial charge in [0.25, 0.3) is 0 Å². The summed E-state index contributed by atoms with van der Waals surface area (Å²) < 4.78 is 18.8. The molecule has 1 rings (SSSR count). The van der Waals surface area contributed by atoms with Gasteiger partial charge >= 0.3 is 0 Å². The monoisotopic (exact) mass is 284 g/mol. The van der Waals surface area contributed by atoms with E-state index in [1.54, 1.807) is 19.2 Å². The minimum absolute atomic E-state index is 0.0736. The van der Waals surface area contributed by atoms with Crippen LogP contribution in [0.4, 0.5) is 10.1 Å². The molecule has 0 aliphatic rings. The van der Waals surface area contributed by atoms with Gasteiger partial charge in [-0.1, -0.05) is 26.1 Å². The van der Waals surface area contributed by atoms with Gasteiger partial charge < -0.3 is 15.8 Å². The van der Waals surface area contributed by atoms with E-state index in [1.165, 1.54) is 6.07 Å². The molecule has 0 unspecified atom stereocenters. The van der Waals surface area contributed by atoms with Crippen LogP contribution in [0.5, 0.6) is 0 Å². The fourth-order valence-corrected chi connectivity index (χ4v) is 1.80. The normalized spacial score (nSPS) is 11.4. The Morgan fingerprint density at radius 3 is 2.68 bits per heavy atom. The van der Waals surface area contributed by atoms with Gasteiger partial charge in [0, 0.05) is 31.5 Å². The Bertz CT molecular complexity index is 449. The summed E-state index contributed by atoms with van der Waals surface area (Å²) in [4.78, 5) is 0.0736. The summed E-state index contributed by atoms with van der Waals surface area (Å²) in [6.07, 6.45) is 0.934. The molecular formula is C14H21FN2OS. The average molecular weight is 284 g/mol. The average Bonchev–Trinajstić information content (AvgIpc) is 2.34. The zero-order chi connectivity index (χ0) is 14.5. The number of anilines is 1. The van der Waals surface area contributed by atoms with Crippen LogP contribution < -0.4 is 11.1 Å². The predicted octanol–water partition coefficient (Wildman–Crippen LogP) is 2.93. The molecule has 0 bridgehead atoms. The Balaban J connectivity index is 2.63. The van der Waals surface area contributed by atoms with E-state index < -0.39 is 5.82 Å². The van der Waals surface area contributed by atoms with Gasteiger partial charge in [0.05, 0.1) is 0 Å². The van der Waals surface area contributed by atoms with Crippen LogP contribution in [0, 0.1) is 11.2 Å². The standard InChI is InChI=1S/C14H21FN2OS/c1-14(2,6-7-18-3)9-17-10-4-5-11(13(16)19)12(15)8-10/h4-5,8,17H,6-7,9H2,1-3H3,(H2,16,19). The molecule has 0 radical (unpaired) electrons. The molecule has 0 saturated carbocycles. The lowest BCUT2D eigenvalue weighted by Gasteiger charge is -2.25. The van der Waals surface area contributed by atoms with E-state index in [0.29, 0.717) is 6.61 Å². The smallest absolute Gasteiger partial charge is 0.135 e. The van der Waals surface area contributed by atoms with Gasteiger partial charge in [-0.15, -0.1) is 0 Å². The van der Waals surface area contributed by atoms with Gasteiger partial charge in [-0.05, 0) is 30.0 Å². The van der Waals surface area contributed by atoms with Crippen molar-refractivity contribution in [1.82, 2.24) is 0 Å². The molecule has 106 valence electrons. The summed E-state index contributed by atoms with van der Waals surface area (Å²) in [6.45, 7) is 5.73. The van der Waals surface area contributed by atoms with Crippen LogP contribution in [-0.2, 0) is 4.74 Å². The number of methoxy groups -OCH3 is 1. The van der Waals surface area contributed by atoms with E-state index in [1.807, 2.05) is 0 Å². The fourth-order valence-electron chi connectivity index (χ4n) is 1.63. The number of hydrogen-bond donors (Lipinski definition) is 2. The first-order valence-corrected chi connectivity index (χ1v) is 6.59. The van der Waals surface area contributed by atoms with Gasteiger partial charge in [0.15, 0.2) is 0 Å². The Labute approximate surface area is 119 Å². The number of benzene rings is 1. The first-order valence-electron chi connectivity index (χ1n) is 6.18. The SMILES string of the molecule is COCCC(C)(C)CNc1ccc(C(N)=S)c(F)c1. The maximum Gasteiger partial charge on any atom is 0.135 e. The van der Waals surface area contributed by atoms with Gasteiger partial charge in [-0.2, -0.15) is 0 Å². The molecular weight excluding hydrogens is 263 g/mol. The van der Waals surface area contributed by atoms with Crippen LogP contribution in [-0.4, -0.2) is 25.2 Å². The number of nitrogens with two attached hydrogens (primary N) is 1. The lowest BCUT2D eigenvalue weighted by atomic mass is 9.89. The molecule has 3 N–H and O–H groups in total. The van der Waals surface area contributed by atoms with Crippen molar-refractivity contribution in [2.45, 2.75) is 20.3 Å². The van der Waals surface area contributed by atoms with Crippen molar-refractivity contribution in [3.8, 4) is 0 Å². The Morgan fingerprint density at radius 1 is 1.47 bits per heavy atom. The van der Waals surface area contributed by atoms with Crippen molar-refractivity contribution >= 4 is 22.9 Å². The van der Waals surface area contributed by atoms with E-state index in [2.05, 4.69) is 19.2 Å². The zero-order valence-electron chi connectivity index (χ0n) is 11.6. The highest BCUT2D eigenvalue weighted by atomic mass is 32.1. The molecule has 3 nitrogen and oxygen atoms in total. The summed E-state index contributed by atoms with van der Waals surface area (Å²) >= 11 is 4.77. The molecule has 0 spiro atoms. The minimum atomic E-state index is -0.396. The van der Waals surface area contributed by atoms with Crippen molar-refractivity contribution in [2.75, 3.05) is 25.6 Å². The summed E-state index contributed by atoms with van der Waals surface area (Å²) in [5.74, 6) is -0.396. The maximum absolute atomic E-state index is 13.7. The highest BCUT2D eigenvalue weighted by Gasteiger charge is 2.17. The number of thiocarbonyl (C=S) groups is 1. The molecule has 5 heteroatoms. The second-order valence-electron chi connectivity index (χ2n) is 5.32. The van der Waals surface area contributed by atoms with Crippen LogP contribution in [0.3, 0.4) is 0 Å². The van der Waals surface area contributed by atoms with Crippen molar-refractivity contribution in [3.05, 3.63) is 29.6 Å². The molecule has 0 aliphatic carbocycles. The number of rotatable bonds is 7. The van der Waals surface area contributed by atoms with E-state index in [9.17, 15) is 4.39 Å². The van der Waals surface area contributed by atoms with Crippen molar-refractivity contribution in [2.24, 2.45) is 11.1 Å². The lowest BCUT2D eigenvalue weighted by Crippen LogP contribution is -2.24. The summed E-state index contributed by atoms with van der Waals surface area (Å²) in [5, 5.41) is 3.22. The lowest BCUT2D eigenvalue weighted by molar-refractivity contribution is 0.157. The second-order valence-corrected chi connectivity index (χ2v) is 5.76. The van der Waals surface area contributed by atoms with Gasteiger partial charge in [-0.3, -0.25) is 0 Å². The molecule has 19 heavy (non-hydrogen) atoms. The molecule has 1 aromatic rings. The van der Waals surface area contributed by atoms with E-state index in [4.69, 9.17) is 22.7 Å². The molecule has 1 aromatic carbocycles. The summed E-state index contributed by atoms with van der Waals surface area (Å²) in [7, 11) is 1.69. The third-order valence-electron chi connectivity index (χ3n) is 2.99. The third-order valence-corrected chi connectivity index (χ3v) is 3.21. The van der Waals surface area contributed by atoms with E-state index >= 15 is 0 Å². The summed E-state index contributed by atoms with van der Waals surface area (Å²) in [5.41, 5.74) is 6.50. The maximum atomic E-state index is 13.7. The fraction of sp³-hybridized carbons (Fsp3) is 0.500. The van der Waals surface area contributed by atoms with Crippen molar-refractivity contribution in [1.29, 1.82) is 0 Å². The molecule has 0 saturated heterocycles. The quantitative estimate of drug-likeness (QED) is 0.756. The van der Waals surface area contributed by atoms with Crippen LogP contribution >= 0.6 is 12.2 Å². The largest absolute Gasteiger partial charge is 0.389 e. The second kappa shape index (κ2) is 6.82. The van der Waals surface area contributed by atoms with Crippen LogP contribution in [0.2, 0.25) is 0 Å². The van der Waals surface area contributed by atoms with E-state index in [-0.39, 0.29) is 16.0 Å². The number of ether oxygens (including phenoxy) is 1. The Morgan fingerprint density at radius 2 is 2.16 bits per heavy atom. The molecule has 0 atom stereocenters. The first-order chi connectivity index (χ1) is 8.85. The molecule has 0 amide bonds. The Hall–Kier alpha value is -1.20. The topological polar surface area (TPSA) is 47.3 Å². The number of halogens is 1. The van der Waals surface area contributed by atoms with Gasteiger partial charge in [-0.25, -0.2) is 4.39 Å². The molecule has 0 aromatic heterocycles. The van der Waals surface area contributed by atoms with Crippen molar-refractivity contribution < 1.29 is 9.13 Å². The highest BCUT2D eigenvalue weighted by Crippen LogP contribution is 2.22.